The molecule has 0 unspecified atom stereocenters. The number of thiophene rings is 1. The summed E-state index contributed by atoms with van der Waals surface area (Å²) in [6.45, 7) is 5.12. The highest BCUT2D eigenvalue weighted by atomic mass is 32.1. The van der Waals surface area contributed by atoms with E-state index in [1.54, 1.807) is 0 Å². The van der Waals surface area contributed by atoms with Crippen molar-refractivity contribution in [2.24, 2.45) is 0 Å². The number of benzene rings is 3. The minimum atomic E-state index is -1.82. The van der Waals surface area contributed by atoms with Gasteiger partial charge in [-0.25, -0.2) is 9.59 Å². The van der Waals surface area contributed by atoms with Crippen molar-refractivity contribution in [1.29, 1.82) is 0 Å². The van der Waals surface area contributed by atoms with Gasteiger partial charge in [-0.05, 0) is 116 Å². The summed E-state index contributed by atoms with van der Waals surface area (Å²) in [5.74, 6) is -1.80. The maximum atomic E-state index is 9.10. The lowest BCUT2D eigenvalue weighted by atomic mass is 9.99. The Bertz CT molecular complexity index is 1430. The number of carboxylic acid groups (broad SMARTS) is 2. The van der Waals surface area contributed by atoms with Crippen LogP contribution in [0.15, 0.2) is 72.8 Å². The summed E-state index contributed by atoms with van der Waals surface area (Å²) >= 11 is 1.86. The number of fused-ring (bicyclic) bond motifs is 1. The molecule has 0 saturated carbocycles. The van der Waals surface area contributed by atoms with Crippen LogP contribution < -0.4 is 9.47 Å². The van der Waals surface area contributed by atoms with Crippen LogP contribution in [0.3, 0.4) is 0 Å². The quantitative estimate of drug-likeness (QED) is 0.120. The predicted octanol–water partition coefficient (Wildman–Crippen LogP) is 6.33. The summed E-state index contributed by atoms with van der Waals surface area (Å²) < 4.78 is 13.2. The van der Waals surface area contributed by atoms with E-state index in [1.165, 1.54) is 57.6 Å². The normalized spacial score (nSPS) is 13.0. The molecule has 2 heterocycles. The van der Waals surface area contributed by atoms with Gasteiger partial charge in [0.15, 0.2) is 0 Å². The molecule has 1 aliphatic rings. The van der Waals surface area contributed by atoms with Gasteiger partial charge in [0.1, 0.15) is 18.1 Å². The number of carboxylic acids is 2. The first-order valence-corrected chi connectivity index (χ1v) is 15.5. The van der Waals surface area contributed by atoms with E-state index in [2.05, 4.69) is 77.7 Å². The zero-order valence-electron chi connectivity index (χ0n) is 24.2. The topological polar surface area (TPSA) is 117 Å². The molecule has 228 valence electrons. The predicted molar refractivity (Wildman–Crippen MR) is 169 cm³/mol. The number of rotatable bonds is 13. The second-order valence-corrected chi connectivity index (χ2v) is 11.4. The van der Waals surface area contributed by atoms with E-state index in [-0.39, 0.29) is 6.61 Å². The van der Waals surface area contributed by atoms with Crippen LogP contribution in [0.25, 0.3) is 20.5 Å². The number of likely N-dealkylation sites (tertiary alicyclic amines) is 1. The molecule has 0 radical (unpaired) electrons. The minimum absolute atomic E-state index is 0.253. The van der Waals surface area contributed by atoms with E-state index in [0.29, 0.717) is 6.61 Å². The molecule has 43 heavy (non-hydrogen) atoms. The van der Waals surface area contributed by atoms with E-state index >= 15 is 0 Å². The lowest BCUT2D eigenvalue weighted by Crippen LogP contribution is -2.25. The van der Waals surface area contributed by atoms with E-state index in [1.807, 2.05) is 11.3 Å². The number of carbonyl (C=O) groups is 2. The average molecular weight is 606 g/mol. The molecule has 0 spiro atoms. The molecule has 8 nitrogen and oxygen atoms in total. The molecular weight excluding hydrogens is 566 g/mol. The third-order valence-corrected chi connectivity index (χ3v) is 8.51. The molecule has 0 amide bonds. The lowest BCUT2D eigenvalue weighted by Gasteiger charge is -2.15. The first-order chi connectivity index (χ1) is 20.9. The van der Waals surface area contributed by atoms with E-state index in [9.17, 15) is 0 Å². The Hall–Kier alpha value is -3.92. The van der Waals surface area contributed by atoms with Crippen molar-refractivity contribution in [2.75, 3.05) is 39.5 Å². The van der Waals surface area contributed by atoms with Crippen molar-refractivity contribution in [3.8, 4) is 21.9 Å². The molecule has 1 aromatic heterocycles. The molecule has 0 atom stereocenters. The Morgan fingerprint density at radius 1 is 0.767 bits per heavy atom. The fourth-order valence-electron chi connectivity index (χ4n) is 5.00. The third-order valence-electron chi connectivity index (χ3n) is 7.25. The Morgan fingerprint density at radius 2 is 1.40 bits per heavy atom. The van der Waals surface area contributed by atoms with E-state index in [0.717, 1.165) is 50.3 Å². The van der Waals surface area contributed by atoms with Crippen LogP contribution in [0, 0.1) is 0 Å². The van der Waals surface area contributed by atoms with E-state index < -0.39 is 11.9 Å². The number of hydrogen-bond donors (Lipinski definition) is 3. The highest BCUT2D eigenvalue weighted by Crippen LogP contribution is 2.40. The zero-order chi connectivity index (χ0) is 30.4. The van der Waals surface area contributed by atoms with Crippen molar-refractivity contribution in [1.82, 2.24) is 4.90 Å². The lowest BCUT2D eigenvalue weighted by molar-refractivity contribution is -0.159. The smallest absolute Gasteiger partial charge is 0.414 e. The summed E-state index contributed by atoms with van der Waals surface area (Å²) in [4.78, 5) is 22.0. The van der Waals surface area contributed by atoms with Gasteiger partial charge in [-0.2, -0.15) is 0 Å². The Balaban J connectivity index is 0.000000641. The maximum absolute atomic E-state index is 9.10. The molecule has 5 rings (SSSR count). The highest BCUT2D eigenvalue weighted by Gasteiger charge is 2.15. The summed E-state index contributed by atoms with van der Waals surface area (Å²) in [6.07, 6.45) is 6.31. The molecule has 1 aliphatic heterocycles. The molecule has 3 N–H and O–H groups in total. The second kappa shape index (κ2) is 16.6. The Morgan fingerprint density at radius 3 is 2.05 bits per heavy atom. The van der Waals surface area contributed by atoms with Crippen LogP contribution in [-0.2, 0) is 16.0 Å². The number of hydrogen-bond acceptors (Lipinski definition) is 7. The average Bonchev–Trinajstić information content (AvgIpc) is 3.67. The van der Waals surface area contributed by atoms with Crippen LogP contribution in [0.4, 0.5) is 0 Å². The summed E-state index contributed by atoms with van der Waals surface area (Å²) in [5.41, 5.74) is 3.89. The number of unbranched alkanes of at least 4 members (excludes halogenated alkanes) is 2. The SMILES string of the molecule is O=C(O)C(=O)O.OCCCCCOc1ccc(-c2sc3ccccc3c2Cc2ccc(OCCN3CCCC3)cc2)cc1. The fourth-order valence-corrected chi connectivity index (χ4v) is 6.22. The Labute approximate surface area is 256 Å². The van der Waals surface area contributed by atoms with Gasteiger partial charge in [-0.1, -0.05) is 30.3 Å². The molecule has 1 fully saturated rings. The number of aliphatic hydroxyl groups is 1. The molecule has 4 aromatic rings. The molecule has 9 heteroatoms. The van der Waals surface area contributed by atoms with Gasteiger partial charge in [-0.15, -0.1) is 11.3 Å². The van der Waals surface area contributed by atoms with Crippen molar-refractivity contribution in [3.63, 3.8) is 0 Å². The molecule has 3 aromatic carbocycles. The minimum Gasteiger partial charge on any atom is -0.494 e. The number of nitrogens with zero attached hydrogens (tertiary/aromatic N) is 1. The van der Waals surface area contributed by atoms with Gasteiger partial charge in [0.05, 0.1) is 6.61 Å². The van der Waals surface area contributed by atoms with Gasteiger partial charge in [0.25, 0.3) is 0 Å². The van der Waals surface area contributed by atoms with Gasteiger partial charge in [0, 0.05) is 22.7 Å². The first kappa shape index (κ1) is 32.0. The van der Waals surface area contributed by atoms with Gasteiger partial charge in [0.2, 0.25) is 0 Å². The monoisotopic (exact) mass is 605 g/mol. The first-order valence-electron chi connectivity index (χ1n) is 14.7. The van der Waals surface area contributed by atoms with E-state index in [4.69, 9.17) is 34.4 Å². The largest absolute Gasteiger partial charge is 0.494 e. The van der Waals surface area contributed by atoms with Gasteiger partial charge < -0.3 is 24.8 Å². The number of aliphatic hydroxyl groups excluding tert-OH is 1. The molecular formula is C34H39NO7S. The molecule has 0 bridgehead atoms. The van der Waals surface area contributed by atoms with Gasteiger partial charge >= 0.3 is 11.9 Å². The van der Waals surface area contributed by atoms with Crippen LogP contribution in [0.1, 0.15) is 43.2 Å². The number of aliphatic carboxylic acids is 2. The summed E-state index contributed by atoms with van der Waals surface area (Å²) in [7, 11) is 0. The van der Waals surface area contributed by atoms with Crippen molar-refractivity contribution < 1.29 is 34.4 Å². The second-order valence-electron chi connectivity index (χ2n) is 10.4. The van der Waals surface area contributed by atoms with Crippen molar-refractivity contribution in [3.05, 3.63) is 83.9 Å². The van der Waals surface area contributed by atoms with Crippen LogP contribution >= 0.6 is 11.3 Å². The zero-order valence-corrected chi connectivity index (χ0v) is 25.1. The van der Waals surface area contributed by atoms with Crippen LogP contribution in [-0.4, -0.2) is 71.6 Å². The van der Waals surface area contributed by atoms with Crippen LogP contribution in [0.2, 0.25) is 0 Å². The highest BCUT2D eigenvalue weighted by molar-refractivity contribution is 7.22. The summed E-state index contributed by atoms with van der Waals surface area (Å²) in [5, 5.41) is 25.0. The standard InChI is InChI=1S/C32H37NO3S.C2H2O4/c34-21-6-1-7-22-35-28-16-12-26(13-17-28)32-30(29-8-2-3-9-31(29)37-32)24-25-10-14-27(15-11-25)36-23-20-33-18-4-5-19-33;3-1(4)2(5)6/h2-3,8-17,34H,1,4-7,18-24H2;(H,3,4)(H,5,6). The maximum Gasteiger partial charge on any atom is 0.414 e. The summed E-state index contributed by atoms with van der Waals surface area (Å²) in [6, 6.07) is 25.8. The molecule has 0 aliphatic carbocycles. The van der Waals surface area contributed by atoms with Crippen LogP contribution in [0.5, 0.6) is 11.5 Å². The molecule has 1 saturated heterocycles. The van der Waals surface area contributed by atoms with Crippen molar-refractivity contribution in [2.45, 2.75) is 38.5 Å². The van der Waals surface area contributed by atoms with Crippen molar-refractivity contribution >= 4 is 33.4 Å². The van der Waals surface area contributed by atoms with Gasteiger partial charge in [-0.3, -0.25) is 4.90 Å². The Kier molecular flexibility index (Phi) is 12.4. The number of ether oxygens (including phenoxy) is 2. The fraction of sp³-hybridized carbons (Fsp3) is 0.353. The third kappa shape index (κ3) is 9.81.